The van der Waals surface area contributed by atoms with E-state index in [0.717, 1.165) is 0 Å². The van der Waals surface area contributed by atoms with Crippen LogP contribution in [0.25, 0.3) is 0 Å². The van der Waals surface area contributed by atoms with Crippen molar-refractivity contribution in [2.45, 2.75) is 46.4 Å². The number of halogens is 3. The van der Waals surface area contributed by atoms with Gasteiger partial charge in [-0.05, 0) is 5.92 Å². The van der Waals surface area contributed by atoms with Crippen LogP contribution in [-0.2, 0) is 0 Å². The second-order valence-electron chi connectivity index (χ2n) is 2.37. The lowest BCUT2D eigenvalue weighted by Crippen LogP contribution is -2.34. The Hall–Kier alpha value is -0.250. The van der Waals surface area contributed by atoms with Crippen LogP contribution in [0, 0.1) is 5.92 Å². The lowest BCUT2D eigenvalue weighted by Gasteiger charge is -2.19. The van der Waals surface area contributed by atoms with Crippen molar-refractivity contribution in [2.75, 3.05) is 0 Å². The summed E-state index contributed by atoms with van der Waals surface area (Å²) in [6.07, 6.45) is -6.30. The van der Waals surface area contributed by atoms with Gasteiger partial charge in [0.25, 0.3) is 0 Å². The summed E-state index contributed by atoms with van der Waals surface area (Å²) in [5, 5.41) is 8.53. The van der Waals surface area contributed by atoms with Crippen molar-refractivity contribution in [1.82, 2.24) is 0 Å². The molecule has 0 aliphatic carbocycles. The maximum atomic E-state index is 11.6. The third kappa shape index (κ3) is 5.41. The van der Waals surface area contributed by atoms with E-state index in [-0.39, 0.29) is 0 Å². The fraction of sp³-hybridized carbons (Fsp3) is 1.00. The van der Waals surface area contributed by atoms with E-state index < -0.39 is 18.2 Å². The van der Waals surface area contributed by atoms with Crippen molar-refractivity contribution in [3.05, 3.63) is 0 Å². The van der Waals surface area contributed by atoms with Crippen LogP contribution < -0.4 is 0 Å². The summed E-state index contributed by atoms with van der Waals surface area (Å²) in [5.41, 5.74) is 0. The summed E-state index contributed by atoms with van der Waals surface area (Å²) < 4.78 is 34.9. The van der Waals surface area contributed by atoms with Crippen LogP contribution in [0.5, 0.6) is 0 Å². The normalized spacial score (nSPS) is 16.0. The van der Waals surface area contributed by atoms with E-state index in [1.807, 2.05) is 13.8 Å². The zero-order valence-electron chi connectivity index (χ0n) is 7.94. The predicted octanol–water partition coefficient (Wildman–Crippen LogP) is 2.98. The predicted molar refractivity (Wildman–Crippen MR) is 42.9 cm³/mol. The van der Waals surface area contributed by atoms with Crippen LogP contribution in [0.1, 0.15) is 34.1 Å². The monoisotopic (exact) mass is 186 g/mol. The molecule has 0 spiro atoms. The summed E-state index contributed by atoms with van der Waals surface area (Å²) in [4.78, 5) is 0. The Morgan fingerprint density at radius 1 is 1.25 bits per heavy atom. The van der Waals surface area contributed by atoms with Crippen molar-refractivity contribution >= 4 is 0 Å². The minimum absolute atomic E-state index is 0.334. The van der Waals surface area contributed by atoms with Crippen molar-refractivity contribution in [3.63, 3.8) is 0 Å². The molecule has 2 atom stereocenters. The molecule has 0 aliphatic rings. The average Bonchev–Trinajstić information content (AvgIpc) is 2.04. The largest absolute Gasteiger partial charge is 0.414 e. The Morgan fingerprint density at radius 2 is 1.58 bits per heavy atom. The molecular weight excluding hydrogens is 169 g/mol. The number of aliphatic hydroxyl groups is 1. The number of hydrogen-bond acceptors (Lipinski definition) is 1. The Labute approximate surface area is 71.6 Å². The number of aliphatic hydroxyl groups excluding tert-OH is 1. The van der Waals surface area contributed by atoms with Crippen LogP contribution in [0.2, 0.25) is 0 Å². The van der Waals surface area contributed by atoms with Crippen molar-refractivity contribution in [1.29, 1.82) is 0 Å². The van der Waals surface area contributed by atoms with Gasteiger partial charge in [0.1, 0.15) is 0 Å². The molecule has 76 valence electrons. The third-order valence-electron chi connectivity index (χ3n) is 1.52. The SMILES string of the molecule is CC.CCC(C)C(O)C(F)(F)F. The van der Waals surface area contributed by atoms with Gasteiger partial charge in [-0.3, -0.25) is 0 Å². The minimum atomic E-state index is -4.46. The molecule has 4 heteroatoms. The summed E-state index contributed by atoms with van der Waals surface area (Å²) in [5.74, 6) is -0.708. The summed E-state index contributed by atoms with van der Waals surface area (Å²) >= 11 is 0. The highest BCUT2D eigenvalue weighted by atomic mass is 19.4. The first kappa shape index (κ1) is 14.3. The molecule has 0 aromatic rings. The maximum absolute atomic E-state index is 11.6. The van der Waals surface area contributed by atoms with E-state index in [1.165, 1.54) is 6.92 Å². The van der Waals surface area contributed by atoms with E-state index in [0.29, 0.717) is 6.42 Å². The average molecular weight is 186 g/mol. The Morgan fingerprint density at radius 3 is 1.67 bits per heavy atom. The second-order valence-corrected chi connectivity index (χ2v) is 2.37. The van der Waals surface area contributed by atoms with Crippen LogP contribution >= 0.6 is 0 Å². The van der Waals surface area contributed by atoms with E-state index in [4.69, 9.17) is 5.11 Å². The van der Waals surface area contributed by atoms with Crippen LogP contribution in [-0.4, -0.2) is 17.4 Å². The minimum Gasteiger partial charge on any atom is -0.383 e. The molecule has 0 aromatic carbocycles. The van der Waals surface area contributed by atoms with Gasteiger partial charge < -0.3 is 5.11 Å². The molecule has 0 fully saturated rings. The van der Waals surface area contributed by atoms with Gasteiger partial charge in [-0.25, -0.2) is 0 Å². The van der Waals surface area contributed by atoms with Crippen molar-refractivity contribution in [3.8, 4) is 0 Å². The van der Waals surface area contributed by atoms with Gasteiger partial charge in [-0.15, -0.1) is 0 Å². The topological polar surface area (TPSA) is 20.2 Å². The highest BCUT2D eigenvalue weighted by Crippen LogP contribution is 2.26. The molecular formula is C8H17F3O. The summed E-state index contributed by atoms with van der Waals surface area (Å²) in [6.45, 7) is 6.98. The van der Waals surface area contributed by atoms with Gasteiger partial charge in [-0.2, -0.15) is 13.2 Å². The zero-order chi connectivity index (χ0) is 10.4. The first-order valence-electron chi connectivity index (χ1n) is 4.14. The molecule has 0 rings (SSSR count). The molecule has 0 bridgehead atoms. The molecule has 0 aliphatic heterocycles. The lowest BCUT2D eigenvalue weighted by atomic mass is 10.0. The van der Waals surface area contributed by atoms with Crippen molar-refractivity contribution < 1.29 is 18.3 Å². The first-order valence-corrected chi connectivity index (χ1v) is 4.14. The highest BCUT2D eigenvalue weighted by Gasteiger charge is 2.40. The molecule has 0 radical (unpaired) electrons. The number of alkyl halides is 3. The third-order valence-corrected chi connectivity index (χ3v) is 1.52. The van der Waals surface area contributed by atoms with Gasteiger partial charge >= 0.3 is 6.18 Å². The fourth-order valence-electron chi connectivity index (χ4n) is 0.546. The lowest BCUT2D eigenvalue weighted by molar-refractivity contribution is -0.217. The molecule has 2 unspecified atom stereocenters. The van der Waals surface area contributed by atoms with E-state index in [2.05, 4.69) is 0 Å². The Bertz CT molecular complexity index is 101. The maximum Gasteiger partial charge on any atom is 0.414 e. The van der Waals surface area contributed by atoms with E-state index in [9.17, 15) is 13.2 Å². The van der Waals surface area contributed by atoms with E-state index in [1.54, 1.807) is 6.92 Å². The fourth-order valence-corrected chi connectivity index (χ4v) is 0.546. The molecule has 1 N–H and O–H groups in total. The van der Waals surface area contributed by atoms with Crippen LogP contribution in [0.4, 0.5) is 13.2 Å². The number of hydrogen-bond donors (Lipinski definition) is 1. The highest BCUT2D eigenvalue weighted by molar-refractivity contribution is 4.70. The standard InChI is InChI=1S/C6H11F3O.C2H6/c1-3-4(2)5(10)6(7,8)9;1-2/h4-5,10H,3H2,1-2H3;1-2H3. The summed E-state index contributed by atoms with van der Waals surface area (Å²) in [6, 6.07) is 0. The summed E-state index contributed by atoms with van der Waals surface area (Å²) in [7, 11) is 0. The van der Waals surface area contributed by atoms with Crippen LogP contribution in [0.3, 0.4) is 0 Å². The van der Waals surface area contributed by atoms with Gasteiger partial charge in [0.2, 0.25) is 0 Å². The zero-order valence-corrected chi connectivity index (χ0v) is 7.94. The van der Waals surface area contributed by atoms with Gasteiger partial charge in [0.15, 0.2) is 6.10 Å². The van der Waals surface area contributed by atoms with E-state index >= 15 is 0 Å². The Kier molecular flexibility index (Phi) is 7.48. The quantitative estimate of drug-likeness (QED) is 0.702. The van der Waals surface area contributed by atoms with Crippen molar-refractivity contribution in [2.24, 2.45) is 5.92 Å². The van der Waals surface area contributed by atoms with Gasteiger partial charge in [-0.1, -0.05) is 34.1 Å². The molecule has 1 nitrogen and oxygen atoms in total. The molecule has 0 aromatic heterocycles. The molecule has 12 heavy (non-hydrogen) atoms. The van der Waals surface area contributed by atoms with Gasteiger partial charge in [0, 0.05) is 0 Å². The molecule has 0 amide bonds. The number of rotatable bonds is 2. The van der Waals surface area contributed by atoms with Gasteiger partial charge in [0.05, 0.1) is 0 Å². The molecule has 0 heterocycles. The molecule has 0 saturated carbocycles. The first-order chi connectivity index (χ1) is 5.39. The molecule has 0 saturated heterocycles. The van der Waals surface area contributed by atoms with Crippen LogP contribution in [0.15, 0.2) is 0 Å². The smallest absolute Gasteiger partial charge is 0.383 e. The Balaban J connectivity index is 0. The second kappa shape index (κ2) is 6.29.